The summed E-state index contributed by atoms with van der Waals surface area (Å²) in [6.07, 6.45) is 0.603. The smallest absolute Gasteiger partial charge is 0.352 e. The van der Waals surface area contributed by atoms with Crippen molar-refractivity contribution in [3.8, 4) is 0 Å². The van der Waals surface area contributed by atoms with Crippen LogP contribution in [-0.4, -0.2) is 61.9 Å². The van der Waals surface area contributed by atoms with Crippen LogP contribution in [0.5, 0.6) is 0 Å². The molecule has 2 fully saturated rings. The molecule has 2 aromatic rings. The summed E-state index contributed by atoms with van der Waals surface area (Å²) in [5, 5.41) is 7.14. The highest BCUT2D eigenvalue weighted by Crippen LogP contribution is 2.45. The number of alkyl halides is 3. The molecule has 4 rings (SSSR count). The summed E-state index contributed by atoms with van der Waals surface area (Å²) in [5.41, 5.74) is 0.239. The fourth-order valence-electron chi connectivity index (χ4n) is 3.60. The van der Waals surface area contributed by atoms with Crippen LogP contribution in [0.1, 0.15) is 19.3 Å². The van der Waals surface area contributed by atoms with E-state index in [0.717, 1.165) is 5.69 Å². The zero-order chi connectivity index (χ0) is 19.9. The number of carbonyl (C=O) groups is 1. The third-order valence-electron chi connectivity index (χ3n) is 5.06. The van der Waals surface area contributed by atoms with Crippen molar-refractivity contribution in [1.29, 1.82) is 0 Å². The SMILES string of the molecule is Cn1cc(Nc2nccc(N3CCN(C(=O)CC(F)(F)F)C4(CC4)C3)n2)cn1. The standard InChI is InChI=1S/C17H20F3N7O/c1-25-10-12(9-22-25)23-15-21-5-2-13(24-15)26-6-7-27(16(11-26)3-4-16)14(28)8-17(18,19)20/h2,5,9-10H,3-4,6-8,11H2,1H3,(H,21,23,24). The van der Waals surface area contributed by atoms with Crippen molar-refractivity contribution >= 4 is 23.4 Å². The molecular formula is C17H20F3N7O. The summed E-state index contributed by atoms with van der Waals surface area (Å²) in [4.78, 5) is 24.2. The van der Waals surface area contributed by atoms with E-state index in [4.69, 9.17) is 0 Å². The van der Waals surface area contributed by atoms with Crippen molar-refractivity contribution in [2.45, 2.75) is 31.0 Å². The molecule has 0 atom stereocenters. The first-order valence-corrected chi connectivity index (χ1v) is 8.95. The van der Waals surface area contributed by atoms with Crippen molar-refractivity contribution in [2.24, 2.45) is 7.05 Å². The molecule has 28 heavy (non-hydrogen) atoms. The van der Waals surface area contributed by atoms with Gasteiger partial charge in [-0.3, -0.25) is 9.48 Å². The van der Waals surface area contributed by atoms with Gasteiger partial charge in [0.25, 0.3) is 0 Å². The Morgan fingerprint density at radius 2 is 2.11 bits per heavy atom. The third-order valence-corrected chi connectivity index (χ3v) is 5.06. The number of aromatic nitrogens is 4. The number of piperazine rings is 1. The van der Waals surface area contributed by atoms with E-state index >= 15 is 0 Å². The van der Waals surface area contributed by atoms with Gasteiger partial charge < -0.3 is 15.1 Å². The minimum atomic E-state index is -4.48. The molecule has 2 aliphatic rings. The van der Waals surface area contributed by atoms with Crippen LogP contribution in [0.3, 0.4) is 0 Å². The number of anilines is 3. The largest absolute Gasteiger partial charge is 0.397 e. The van der Waals surface area contributed by atoms with Crippen LogP contribution in [-0.2, 0) is 11.8 Å². The lowest BCUT2D eigenvalue weighted by Gasteiger charge is -2.42. The predicted octanol–water partition coefficient (Wildman–Crippen LogP) is 2.09. The normalized spacial score (nSPS) is 18.4. The summed E-state index contributed by atoms with van der Waals surface area (Å²) >= 11 is 0. The van der Waals surface area contributed by atoms with E-state index in [2.05, 4.69) is 20.4 Å². The van der Waals surface area contributed by atoms with Gasteiger partial charge >= 0.3 is 6.18 Å². The van der Waals surface area contributed by atoms with Gasteiger partial charge in [-0.15, -0.1) is 0 Å². The first kappa shape index (κ1) is 18.5. The van der Waals surface area contributed by atoms with E-state index in [9.17, 15) is 18.0 Å². The fraction of sp³-hybridized carbons (Fsp3) is 0.529. The Kier molecular flexibility index (Phi) is 4.39. The van der Waals surface area contributed by atoms with Gasteiger partial charge in [0.2, 0.25) is 11.9 Å². The van der Waals surface area contributed by atoms with E-state index in [-0.39, 0.29) is 6.54 Å². The number of hydrogen-bond donors (Lipinski definition) is 1. The lowest BCUT2D eigenvalue weighted by Crippen LogP contribution is -2.57. The van der Waals surface area contributed by atoms with Gasteiger partial charge in [-0.2, -0.15) is 23.3 Å². The van der Waals surface area contributed by atoms with Crippen molar-refractivity contribution in [3.05, 3.63) is 24.7 Å². The van der Waals surface area contributed by atoms with E-state index in [1.165, 1.54) is 4.90 Å². The van der Waals surface area contributed by atoms with Gasteiger partial charge in [0, 0.05) is 39.1 Å². The molecule has 1 spiro atoms. The lowest BCUT2D eigenvalue weighted by atomic mass is 10.1. The highest BCUT2D eigenvalue weighted by molar-refractivity contribution is 5.78. The highest BCUT2D eigenvalue weighted by atomic mass is 19.4. The number of nitrogens with one attached hydrogen (secondary N) is 1. The minimum absolute atomic E-state index is 0.254. The number of nitrogens with zero attached hydrogens (tertiary/aromatic N) is 6. The Morgan fingerprint density at radius 1 is 1.32 bits per heavy atom. The summed E-state index contributed by atoms with van der Waals surface area (Å²) in [6, 6.07) is 1.76. The molecule has 0 aromatic carbocycles. The average molecular weight is 395 g/mol. The molecule has 1 aliphatic heterocycles. The minimum Gasteiger partial charge on any atom is -0.352 e. The molecule has 11 heteroatoms. The molecule has 1 amide bonds. The average Bonchev–Trinajstić information content (AvgIpc) is 3.25. The monoisotopic (exact) mass is 395 g/mol. The van der Waals surface area contributed by atoms with Crippen LogP contribution >= 0.6 is 0 Å². The number of aryl methyl sites for hydroxylation is 1. The molecule has 150 valence electrons. The van der Waals surface area contributed by atoms with Gasteiger partial charge in [0.15, 0.2) is 0 Å². The molecule has 3 heterocycles. The van der Waals surface area contributed by atoms with Crippen LogP contribution in [0.15, 0.2) is 24.7 Å². The quantitative estimate of drug-likeness (QED) is 0.854. The molecule has 0 radical (unpaired) electrons. The lowest BCUT2D eigenvalue weighted by molar-refractivity contribution is -0.164. The maximum absolute atomic E-state index is 12.6. The highest BCUT2D eigenvalue weighted by Gasteiger charge is 2.54. The molecule has 0 unspecified atom stereocenters. The topological polar surface area (TPSA) is 79.2 Å². The van der Waals surface area contributed by atoms with Crippen molar-refractivity contribution in [3.63, 3.8) is 0 Å². The molecule has 1 saturated heterocycles. The molecule has 8 nitrogen and oxygen atoms in total. The van der Waals surface area contributed by atoms with Crippen LogP contribution in [0.25, 0.3) is 0 Å². The second kappa shape index (κ2) is 6.64. The number of amides is 1. The molecular weight excluding hydrogens is 375 g/mol. The van der Waals surface area contributed by atoms with Crippen molar-refractivity contribution in [1.82, 2.24) is 24.6 Å². The molecule has 2 aromatic heterocycles. The van der Waals surface area contributed by atoms with Crippen molar-refractivity contribution < 1.29 is 18.0 Å². The van der Waals surface area contributed by atoms with Crippen LogP contribution in [0.2, 0.25) is 0 Å². The van der Waals surface area contributed by atoms with Crippen LogP contribution in [0, 0.1) is 0 Å². The molecule has 1 N–H and O–H groups in total. The van der Waals surface area contributed by atoms with E-state index < -0.39 is 24.0 Å². The summed E-state index contributed by atoms with van der Waals surface area (Å²) in [5.74, 6) is 0.243. The first-order valence-electron chi connectivity index (χ1n) is 8.95. The number of halogens is 3. The number of carbonyl (C=O) groups excluding carboxylic acids is 1. The zero-order valence-corrected chi connectivity index (χ0v) is 15.3. The molecule has 1 aliphatic carbocycles. The summed E-state index contributed by atoms with van der Waals surface area (Å²) in [6.45, 7) is 1.15. The van der Waals surface area contributed by atoms with Gasteiger partial charge in [0.05, 0.1) is 17.4 Å². The Bertz CT molecular complexity index is 878. The fourth-order valence-corrected chi connectivity index (χ4v) is 3.60. The zero-order valence-electron chi connectivity index (χ0n) is 15.3. The second-order valence-electron chi connectivity index (χ2n) is 7.25. The van der Waals surface area contributed by atoms with Crippen molar-refractivity contribution in [2.75, 3.05) is 29.9 Å². The Morgan fingerprint density at radius 3 is 2.75 bits per heavy atom. The number of rotatable bonds is 4. The Hall–Kier alpha value is -2.85. The van der Waals surface area contributed by atoms with E-state index in [1.807, 2.05) is 4.90 Å². The van der Waals surface area contributed by atoms with Gasteiger partial charge in [-0.1, -0.05) is 0 Å². The van der Waals surface area contributed by atoms with E-state index in [1.54, 1.807) is 36.4 Å². The first-order chi connectivity index (χ1) is 13.2. The maximum Gasteiger partial charge on any atom is 0.397 e. The maximum atomic E-state index is 12.6. The van der Waals surface area contributed by atoms with Crippen LogP contribution < -0.4 is 10.2 Å². The molecule has 0 bridgehead atoms. The van der Waals surface area contributed by atoms with E-state index in [0.29, 0.717) is 37.7 Å². The number of hydrogen-bond acceptors (Lipinski definition) is 6. The summed E-state index contributed by atoms with van der Waals surface area (Å²) in [7, 11) is 1.80. The van der Waals surface area contributed by atoms with Gasteiger partial charge in [-0.25, -0.2) is 4.98 Å². The Balaban J connectivity index is 1.46. The van der Waals surface area contributed by atoms with Gasteiger partial charge in [0.1, 0.15) is 12.2 Å². The molecule has 1 saturated carbocycles. The summed E-state index contributed by atoms with van der Waals surface area (Å²) < 4.78 is 39.5. The predicted molar refractivity (Wildman–Crippen MR) is 95.1 cm³/mol. The van der Waals surface area contributed by atoms with Gasteiger partial charge in [-0.05, 0) is 18.9 Å². The van der Waals surface area contributed by atoms with Crippen LogP contribution in [0.4, 0.5) is 30.6 Å². The second-order valence-corrected chi connectivity index (χ2v) is 7.25. The Labute approximate surface area is 159 Å². The third kappa shape index (κ3) is 3.87.